The lowest BCUT2D eigenvalue weighted by atomic mass is 9.65. The lowest BCUT2D eigenvalue weighted by molar-refractivity contribution is 0.0883. The summed E-state index contributed by atoms with van der Waals surface area (Å²) >= 11 is 0. The number of hydrogen-bond acceptors (Lipinski definition) is 2. The Labute approximate surface area is 197 Å². The second kappa shape index (κ2) is 9.97. The molecule has 0 bridgehead atoms. The molecule has 4 aromatic carbocycles. The van der Waals surface area contributed by atoms with Gasteiger partial charge < -0.3 is 4.90 Å². The maximum atomic E-state index is 14.8. The number of nitrogens with zero attached hydrogens (tertiary/aromatic N) is 1. The number of ketones is 1. The maximum absolute atomic E-state index is 14.8. The number of rotatable bonds is 8. The van der Waals surface area contributed by atoms with Crippen LogP contribution in [-0.4, -0.2) is 30.8 Å². The minimum atomic E-state index is -0.808. The molecule has 2 heteroatoms. The molecule has 0 spiro atoms. The standard InChI is InChI=1S/C31H31NO/c1-24(32(2)3)23-31(26-17-9-5-10-18-26,27-19-11-6-12-20-27)30(33)29-22-14-13-21-28(29)25-15-7-4-8-16-25/h4-22,24H,23H2,1-3H3/t24-/m0/s1. The van der Waals surface area contributed by atoms with Crippen LogP contribution in [-0.2, 0) is 5.41 Å². The van der Waals surface area contributed by atoms with Gasteiger partial charge in [0.2, 0.25) is 0 Å². The van der Waals surface area contributed by atoms with E-state index in [4.69, 9.17) is 0 Å². The van der Waals surface area contributed by atoms with Crippen molar-refractivity contribution >= 4 is 5.78 Å². The molecule has 0 aliphatic heterocycles. The molecule has 0 aromatic heterocycles. The van der Waals surface area contributed by atoms with E-state index in [1.54, 1.807) is 0 Å². The van der Waals surface area contributed by atoms with Crippen LogP contribution in [0.1, 0.15) is 34.8 Å². The zero-order valence-electron chi connectivity index (χ0n) is 19.6. The Balaban J connectivity index is 1.99. The first-order valence-electron chi connectivity index (χ1n) is 11.5. The van der Waals surface area contributed by atoms with Crippen LogP contribution >= 0.6 is 0 Å². The molecule has 4 rings (SSSR count). The molecular formula is C31H31NO. The van der Waals surface area contributed by atoms with Gasteiger partial charge >= 0.3 is 0 Å². The summed E-state index contributed by atoms with van der Waals surface area (Å²) in [5, 5.41) is 0. The molecule has 0 amide bonds. The highest BCUT2D eigenvalue weighted by Crippen LogP contribution is 2.42. The summed E-state index contributed by atoms with van der Waals surface area (Å²) < 4.78 is 0. The first-order chi connectivity index (χ1) is 16.0. The van der Waals surface area contributed by atoms with E-state index in [1.165, 1.54) is 0 Å². The summed E-state index contributed by atoms with van der Waals surface area (Å²) in [6.45, 7) is 2.19. The molecule has 0 N–H and O–H groups in total. The van der Waals surface area contributed by atoms with Gasteiger partial charge in [-0.2, -0.15) is 0 Å². The molecule has 0 heterocycles. The van der Waals surface area contributed by atoms with Crippen LogP contribution in [0.4, 0.5) is 0 Å². The summed E-state index contributed by atoms with van der Waals surface area (Å²) in [6.07, 6.45) is 0.677. The highest BCUT2D eigenvalue weighted by molar-refractivity contribution is 6.10. The van der Waals surface area contributed by atoms with Crippen LogP contribution in [0.2, 0.25) is 0 Å². The van der Waals surface area contributed by atoms with Crippen molar-refractivity contribution in [2.24, 2.45) is 0 Å². The monoisotopic (exact) mass is 433 g/mol. The van der Waals surface area contributed by atoms with E-state index in [2.05, 4.69) is 68.4 Å². The van der Waals surface area contributed by atoms with Gasteiger partial charge in [0.15, 0.2) is 5.78 Å². The summed E-state index contributed by atoms with van der Waals surface area (Å²) in [7, 11) is 4.15. The van der Waals surface area contributed by atoms with Crippen molar-refractivity contribution in [1.29, 1.82) is 0 Å². The molecule has 0 radical (unpaired) electrons. The van der Waals surface area contributed by atoms with E-state index >= 15 is 0 Å². The van der Waals surface area contributed by atoms with Crippen LogP contribution in [0.3, 0.4) is 0 Å². The lowest BCUT2D eigenvalue weighted by Crippen LogP contribution is -2.43. The molecule has 166 valence electrons. The fourth-order valence-corrected chi connectivity index (χ4v) is 4.61. The van der Waals surface area contributed by atoms with Crippen molar-refractivity contribution in [1.82, 2.24) is 4.90 Å². The topological polar surface area (TPSA) is 20.3 Å². The minimum absolute atomic E-state index is 0.132. The number of benzene rings is 4. The van der Waals surface area contributed by atoms with Gasteiger partial charge in [0.05, 0.1) is 5.41 Å². The van der Waals surface area contributed by atoms with Crippen LogP contribution in [0.25, 0.3) is 11.1 Å². The van der Waals surface area contributed by atoms with Crippen molar-refractivity contribution < 1.29 is 4.79 Å². The van der Waals surface area contributed by atoms with Crippen LogP contribution in [0, 0.1) is 0 Å². The summed E-state index contributed by atoms with van der Waals surface area (Å²) in [5.74, 6) is 0.132. The lowest BCUT2D eigenvalue weighted by Gasteiger charge is -2.38. The van der Waals surface area contributed by atoms with Crippen LogP contribution < -0.4 is 0 Å². The Bertz CT molecular complexity index is 1140. The van der Waals surface area contributed by atoms with E-state index in [-0.39, 0.29) is 11.8 Å². The highest BCUT2D eigenvalue weighted by atomic mass is 16.1. The molecule has 0 aliphatic rings. The fraction of sp³-hybridized carbons (Fsp3) is 0.194. The van der Waals surface area contributed by atoms with E-state index in [0.717, 1.165) is 27.8 Å². The van der Waals surface area contributed by atoms with Crippen molar-refractivity contribution in [2.75, 3.05) is 14.1 Å². The number of hydrogen-bond donors (Lipinski definition) is 0. The average Bonchev–Trinajstić information content (AvgIpc) is 2.88. The third-order valence-corrected chi connectivity index (χ3v) is 6.66. The first kappa shape index (κ1) is 22.7. The van der Waals surface area contributed by atoms with Gasteiger partial charge in [-0.25, -0.2) is 0 Å². The van der Waals surface area contributed by atoms with Gasteiger partial charge in [-0.1, -0.05) is 115 Å². The average molecular weight is 434 g/mol. The second-order valence-electron chi connectivity index (χ2n) is 8.89. The molecule has 0 unspecified atom stereocenters. The van der Waals surface area contributed by atoms with Gasteiger partial charge in [-0.3, -0.25) is 4.79 Å². The predicted molar refractivity (Wildman–Crippen MR) is 138 cm³/mol. The Hall–Kier alpha value is -3.49. The molecule has 0 aliphatic carbocycles. The van der Waals surface area contributed by atoms with Crippen LogP contribution in [0.15, 0.2) is 115 Å². The Morgan fingerprint density at radius 2 is 1.15 bits per heavy atom. The number of Topliss-reactive ketones (excluding diaryl/α,β-unsaturated/α-hetero) is 1. The molecule has 2 nitrogen and oxygen atoms in total. The molecule has 4 aromatic rings. The molecular weight excluding hydrogens is 402 g/mol. The number of carbonyl (C=O) groups is 1. The summed E-state index contributed by atoms with van der Waals surface area (Å²) in [6, 6.07) is 38.9. The molecule has 0 saturated heterocycles. The van der Waals surface area contributed by atoms with E-state index in [1.807, 2.05) is 72.8 Å². The summed E-state index contributed by atoms with van der Waals surface area (Å²) in [4.78, 5) is 17.0. The SMILES string of the molecule is C[C@@H](CC(C(=O)c1ccccc1-c1ccccc1)(c1ccccc1)c1ccccc1)N(C)C. The highest BCUT2D eigenvalue weighted by Gasteiger charge is 2.44. The van der Waals surface area contributed by atoms with Crippen molar-refractivity contribution in [3.63, 3.8) is 0 Å². The fourth-order valence-electron chi connectivity index (χ4n) is 4.61. The smallest absolute Gasteiger partial charge is 0.178 e. The molecule has 0 saturated carbocycles. The quantitative estimate of drug-likeness (QED) is 0.283. The van der Waals surface area contributed by atoms with Gasteiger partial charge in [0, 0.05) is 11.6 Å². The van der Waals surface area contributed by atoms with Gasteiger partial charge in [-0.05, 0) is 49.7 Å². The molecule has 0 fully saturated rings. The Morgan fingerprint density at radius 1 is 0.697 bits per heavy atom. The Kier molecular flexibility index (Phi) is 6.86. The van der Waals surface area contributed by atoms with E-state index in [0.29, 0.717) is 6.42 Å². The zero-order valence-corrected chi connectivity index (χ0v) is 19.6. The van der Waals surface area contributed by atoms with Gasteiger partial charge in [-0.15, -0.1) is 0 Å². The van der Waals surface area contributed by atoms with E-state index in [9.17, 15) is 4.79 Å². The minimum Gasteiger partial charge on any atom is -0.307 e. The molecule has 33 heavy (non-hydrogen) atoms. The van der Waals surface area contributed by atoms with Crippen LogP contribution in [0.5, 0.6) is 0 Å². The predicted octanol–water partition coefficient (Wildman–Crippen LogP) is 6.86. The van der Waals surface area contributed by atoms with Crippen molar-refractivity contribution in [3.8, 4) is 11.1 Å². The maximum Gasteiger partial charge on any atom is 0.178 e. The van der Waals surface area contributed by atoms with Crippen molar-refractivity contribution in [2.45, 2.75) is 24.8 Å². The van der Waals surface area contributed by atoms with Gasteiger partial charge in [0.1, 0.15) is 0 Å². The van der Waals surface area contributed by atoms with Crippen molar-refractivity contribution in [3.05, 3.63) is 132 Å². The normalized spacial score (nSPS) is 12.5. The van der Waals surface area contributed by atoms with Gasteiger partial charge in [0.25, 0.3) is 0 Å². The molecule has 1 atom stereocenters. The second-order valence-corrected chi connectivity index (χ2v) is 8.89. The first-order valence-corrected chi connectivity index (χ1v) is 11.5. The zero-order chi connectivity index (χ0) is 23.3. The largest absolute Gasteiger partial charge is 0.307 e. The number of carbonyl (C=O) groups excluding carboxylic acids is 1. The Morgan fingerprint density at radius 3 is 1.67 bits per heavy atom. The summed E-state index contributed by atoms with van der Waals surface area (Å²) in [5.41, 5.74) is 4.02. The third-order valence-electron chi connectivity index (χ3n) is 6.66. The van der Waals surface area contributed by atoms with E-state index < -0.39 is 5.41 Å². The third kappa shape index (κ3) is 4.53.